The van der Waals surface area contributed by atoms with E-state index in [1.165, 1.54) is 0 Å². The minimum absolute atomic E-state index is 0.0678. The topological polar surface area (TPSA) is 117 Å². The number of carbonyl (C=O) groups is 2. The molecule has 0 fully saturated rings. The van der Waals surface area contributed by atoms with Crippen molar-refractivity contribution in [2.75, 3.05) is 37.4 Å². The molecule has 0 saturated carbocycles. The number of nitrogens with two attached hydrogens (primary N) is 2. The van der Waals surface area contributed by atoms with Crippen molar-refractivity contribution in [2.45, 2.75) is 20.3 Å². The zero-order chi connectivity index (χ0) is 15.8. The lowest BCUT2D eigenvalue weighted by atomic mass is 10.2. The van der Waals surface area contributed by atoms with Gasteiger partial charge in [-0.15, -0.1) is 11.3 Å². The van der Waals surface area contributed by atoms with Crippen LogP contribution < -0.4 is 16.8 Å². The molecule has 1 amide bonds. The van der Waals surface area contributed by atoms with Gasteiger partial charge in [-0.2, -0.15) is 0 Å². The molecule has 1 heterocycles. The summed E-state index contributed by atoms with van der Waals surface area (Å²) in [6, 6.07) is 0. The Morgan fingerprint density at radius 1 is 1.29 bits per heavy atom. The second-order valence-electron chi connectivity index (χ2n) is 4.11. The van der Waals surface area contributed by atoms with Gasteiger partial charge in [-0.1, -0.05) is 0 Å². The van der Waals surface area contributed by atoms with E-state index in [1.807, 2.05) is 6.92 Å². The highest BCUT2D eigenvalue weighted by Crippen LogP contribution is 2.35. The quantitative estimate of drug-likeness (QED) is 0.469. The van der Waals surface area contributed by atoms with Crippen LogP contribution in [-0.2, 0) is 9.47 Å². The van der Waals surface area contributed by atoms with E-state index in [2.05, 4.69) is 5.32 Å². The van der Waals surface area contributed by atoms with Crippen molar-refractivity contribution in [3.05, 3.63) is 10.4 Å². The van der Waals surface area contributed by atoms with Crippen molar-refractivity contribution in [1.29, 1.82) is 0 Å². The van der Waals surface area contributed by atoms with Crippen molar-refractivity contribution in [3.8, 4) is 0 Å². The molecular weight excluding hydrogens is 294 g/mol. The van der Waals surface area contributed by atoms with Gasteiger partial charge in [0.1, 0.15) is 9.88 Å². The number of nitrogens with one attached hydrogen (secondary N) is 1. The molecule has 0 aliphatic heterocycles. The summed E-state index contributed by atoms with van der Waals surface area (Å²) in [7, 11) is 0. The summed E-state index contributed by atoms with van der Waals surface area (Å²) >= 11 is 1.07. The molecule has 0 unspecified atom stereocenters. The first-order valence-electron chi connectivity index (χ1n) is 6.73. The standard InChI is InChI=1S/C13H21N3O4S/c1-3-19-7-5-6-16-12-8(11(15)17)9(14)10(21-12)13(18)20-4-2/h16H,3-7,14H2,1-2H3,(H2,15,17). The number of anilines is 2. The average Bonchev–Trinajstić information content (AvgIpc) is 2.76. The summed E-state index contributed by atoms with van der Waals surface area (Å²) in [5.74, 6) is -1.23. The Hall–Kier alpha value is -1.80. The molecule has 1 rings (SSSR count). The largest absolute Gasteiger partial charge is 0.462 e. The van der Waals surface area contributed by atoms with E-state index >= 15 is 0 Å². The fourth-order valence-electron chi connectivity index (χ4n) is 1.68. The number of carbonyl (C=O) groups excluding carboxylic acids is 2. The normalized spacial score (nSPS) is 10.4. The molecule has 21 heavy (non-hydrogen) atoms. The van der Waals surface area contributed by atoms with Gasteiger partial charge >= 0.3 is 5.97 Å². The van der Waals surface area contributed by atoms with Crippen LogP contribution in [0.4, 0.5) is 10.7 Å². The van der Waals surface area contributed by atoms with Crippen molar-refractivity contribution in [2.24, 2.45) is 5.73 Å². The number of nitrogen functional groups attached to an aromatic ring is 1. The van der Waals surface area contributed by atoms with Gasteiger partial charge in [-0.3, -0.25) is 4.79 Å². The maximum Gasteiger partial charge on any atom is 0.350 e. The van der Waals surface area contributed by atoms with Crippen LogP contribution in [0.3, 0.4) is 0 Å². The smallest absolute Gasteiger partial charge is 0.350 e. The number of rotatable bonds is 9. The van der Waals surface area contributed by atoms with E-state index < -0.39 is 11.9 Å². The fourth-order valence-corrected chi connectivity index (χ4v) is 2.73. The molecule has 0 aliphatic carbocycles. The number of primary amides is 1. The maximum absolute atomic E-state index is 11.8. The molecule has 0 aromatic carbocycles. The molecule has 0 saturated heterocycles. The maximum atomic E-state index is 11.8. The van der Waals surface area contributed by atoms with Gasteiger partial charge in [-0.05, 0) is 20.3 Å². The van der Waals surface area contributed by atoms with Gasteiger partial charge < -0.3 is 26.3 Å². The number of hydrogen-bond acceptors (Lipinski definition) is 7. The third kappa shape index (κ3) is 4.61. The minimum atomic E-state index is -0.674. The predicted molar refractivity (Wildman–Crippen MR) is 82.8 cm³/mol. The SMILES string of the molecule is CCOCCCNc1sc(C(=O)OCC)c(N)c1C(N)=O. The molecular formula is C13H21N3O4S. The Kier molecular flexibility index (Phi) is 6.97. The van der Waals surface area contributed by atoms with E-state index in [0.29, 0.717) is 24.8 Å². The highest BCUT2D eigenvalue weighted by molar-refractivity contribution is 7.19. The molecule has 0 radical (unpaired) electrons. The summed E-state index contributed by atoms with van der Waals surface area (Å²) in [6.45, 7) is 5.71. The van der Waals surface area contributed by atoms with Crippen LogP contribution in [0.2, 0.25) is 0 Å². The summed E-state index contributed by atoms with van der Waals surface area (Å²) in [6.07, 6.45) is 0.762. The molecule has 118 valence electrons. The van der Waals surface area contributed by atoms with Crippen LogP contribution in [-0.4, -0.2) is 38.2 Å². The lowest BCUT2D eigenvalue weighted by Gasteiger charge is -2.05. The summed E-state index contributed by atoms with van der Waals surface area (Å²) in [5, 5.41) is 3.55. The Balaban J connectivity index is 2.84. The zero-order valence-corrected chi connectivity index (χ0v) is 13.0. The second-order valence-corrected chi connectivity index (χ2v) is 5.13. The van der Waals surface area contributed by atoms with E-state index in [-0.39, 0.29) is 22.7 Å². The monoisotopic (exact) mass is 315 g/mol. The lowest BCUT2D eigenvalue weighted by molar-refractivity contribution is 0.0533. The van der Waals surface area contributed by atoms with Crippen LogP contribution in [0.1, 0.15) is 40.3 Å². The molecule has 1 aromatic heterocycles. The van der Waals surface area contributed by atoms with Crippen molar-refractivity contribution in [3.63, 3.8) is 0 Å². The van der Waals surface area contributed by atoms with Crippen LogP contribution in [0.25, 0.3) is 0 Å². The molecule has 7 nitrogen and oxygen atoms in total. The van der Waals surface area contributed by atoms with Gasteiger partial charge in [0.25, 0.3) is 5.91 Å². The summed E-state index contributed by atoms with van der Waals surface area (Å²) in [5.41, 5.74) is 11.4. The van der Waals surface area contributed by atoms with Crippen molar-refractivity contribution >= 4 is 33.9 Å². The van der Waals surface area contributed by atoms with Gasteiger partial charge in [-0.25, -0.2) is 4.79 Å². The number of ether oxygens (including phenoxy) is 2. The van der Waals surface area contributed by atoms with Crippen LogP contribution in [0, 0.1) is 0 Å². The van der Waals surface area contributed by atoms with Crippen LogP contribution in [0.15, 0.2) is 0 Å². The number of hydrogen-bond donors (Lipinski definition) is 3. The van der Waals surface area contributed by atoms with Gasteiger partial charge in [0.15, 0.2) is 0 Å². The molecule has 8 heteroatoms. The molecule has 1 aromatic rings. The number of amides is 1. The third-order valence-electron chi connectivity index (χ3n) is 2.61. The number of esters is 1. The average molecular weight is 315 g/mol. The van der Waals surface area contributed by atoms with E-state index in [1.54, 1.807) is 6.92 Å². The highest BCUT2D eigenvalue weighted by Gasteiger charge is 2.24. The first kappa shape index (κ1) is 17.3. The van der Waals surface area contributed by atoms with Gasteiger partial charge in [0, 0.05) is 19.8 Å². The van der Waals surface area contributed by atoms with Crippen LogP contribution in [0.5, 0.6) is 0 Å². The first-order valence-corrected chi connectivity index (χ1v) is 7.55. The molecule has 0 aliphatic rings. The van der Waals surface area contributed by atoms with E-state index in [0.717, 1.165) is 17.8 Å². The molecule has 0 atom stereocenters. The van der Waals surface area contributed by atoms with Crippen molar-refractivity contribution in [1.82, 2.24) is 0 Å². The Morgan fingerprint density at radius 2 is 2.00 bits per heavy atom. The molecule has 0 spiro atoms. The Morgan fingerprint density at radius 3 is 2.57 bits per heavy atom. The summed E-state index contributed by atoms with van der Waals surface area (Å²) < 4.78 is 10.1. The fraction of sp³-hybridized carbons (Fsp3) is 0.538. The lowest BCUT2D eigenvalue weighted by Crippen LogP contribution is -2.16. The van der Waals surface area contributed by atoms with Crippen LogP contribution >= 0.6 is 11.3 Å². The molecule has 5 N–H and O–H groups in total. The van der Waals surface area contributed by atoms with Gasteiger partial charge in [0.05, 0.1) is 17.9 Å². The minimum Gasteiger partial charge on any atom is -0.462 e. The predicted octanol–water partition coefficient (Wildman–Crippen LogP) is 1.44. The third-order valence-corrected chi connectivity index (χ3v) is 3.75. The highest BCUT2D eigenvalue weighted by atomic mass is 32.1. The van der Waals surface area contributed by atoms with E-state index in [4.69, 9.17) is 20.9 Å². The second kappa shape index (κ2) is 8.48. The zero-order valence-electron chi connectivity index (χ0n) is 12.2. The first-order chi connectivity index (χ1) is 10.0. The van der Waals surface area contributed by atoms with E-state index in [9.17, 15) is 9.59 Å². The Bertz CT molecular complexity index is 502. The Labute approximate surface area is 127 Å². The summed E-state index contributed by atoms with van der Waals surface area (Å²) in [4.78, 5) is 23.5. The van der Waals surface area contributed by atoms with Gasteiger partial charge in [0.2, 0.25) is 0 Å². The number of thiophene rings is 1. The van der Waals surface area contributed by atoms with Crippen molar-refractivity contribution < 1.29 is 19.1 Å². The molecule has 0 bridgehead atoms.